The largest absolute Gasteiger partial charge is 0.465 e. The van der Waals surface area contributed by atoms with Gasteiger partial charge in [0, 0.05) is 5.56 Å². The molecule has 1 heterocycles. The molecule has 3 rings (SSSR count). The minimum Gasteiger partial charge on any atom is -0.465 e. The monoisotopic (exact) mass is 364 g/mol. The van der Waals surface area contributed by atoms with E-state index in [0.29, 0.717) is 15.9 Å². The minimum absolute atomic E-state index is 0.275. The number of hydrogen-bond donors (Lipinski definition) is 0. The highest BCUT2D eigenvalue weighted by Gasteiger charge is 2.12. The van der Waals surface area contributed by atoms with Crippen LogP contribution in [0.3, 0.4) is 0 Å². The lowest BCUT2D eigenvalue weighted by Gasteiger charge is -2.02. The zero-order valence-electron chi connectivity index (χ0n) is 14.4. The molecule has 0 fully saturated rings. The van der Waals surface area contributed by atoms with Crippen molar-refractivity contribution >= 4 is 33.4 Å². The zero-order valence-corrected chi connectivity index (χ0v) is 15.2. The van der Waals surface area contributed by atoms with Crippen molar-refractivity contribution in [1.82, 2.24) is 4.57 Å². The van der Waals surface area contributed by atoms with Gasteiger partial charge in [-0.3, -0.25) is 4.79 Å². The summed E-state index contributed by atoms with van der Waals surface area (Å²) >= 11 is 1.31. The predicted octanol–water partition coefficient (Wildman–Crippen LogP) is 3.17. The summed E-state index contributed by atoms with van der Waals surface area (Å²) in [5.74, 6) is 1.83. The Morgan fingerprint density at radius 1 is 1.23 bits per heavy atom. The molecule has 0 saturated heterocycles. The molecule has 1 amide bonds. The molecule has 0 N–H and O–H groups in total. The van der Waals surface area contributed by atoms with E-state index in [-0.39, 0.29) is 12.5 Å². The first-order valence-electron chi connectivity index (χ1n) is 7.84. The lowest BCUT2D eigenvalue weighted by molar-refractivity contribution is 0.0601. The molecule has 5 nitrogen and oxygen atoms in total. The van der Waals surface area contributed by atoms with Crippen LogP contribution in [0.4, 0.5) is 0 Å². The van der Waals surface area contributed by atoms with Crippen molar-refractivity contribution in [2.45, 2.75) is 13.5 Å². The number of nitrogens with zero attached hydrogens (tertiary/aromatic N) is 2. The molecule has 0 aliphatic heterocycles. The molecule has 0 saturated carbocycles. The average molecular weight is 364 g/mol. The number of aromatic nitrogens is 1. The number of thiazole rings is 1. The molecule has 6 heteroatoms. The van der Waals surface area contributed by atoms with Gasteiger partial charge in [0.15, 0.2) is 4.80 Å². The Balaban J connectivity index is 2.15. The van der Waals surface area contributed by atoms with E-state index >= 15 is 0 Å². The third kappa shape index (κ3) is 3.44. The van der Waals surface area contributed by atoms with Gasteiger partial charge in [0.1, 0.15) is 0 Å². The van der Waals surface area contributed by atoms with Crippen LogP contribution in [0.2, 0.25) is 0 Å². The lowest BCUT2D eigenvalue weighted by atomic mass is 10.1. The molecule has 0 bridgehead atoms. The number of ether oxygens (including phenoxy) is 1. The number of esters is 1. The van der Waals surface area contributed by atoms with E-state index in [1.165, 1.54) is 18.4 Å². The first kappa shape index (κ1) is 17.6. The summed E-state index contributed by atoms with van der Waals surface area (Å²) < 4.78 is 7.34. The normalized spacial score (nSPS) is 11.3. The van der Waals surface area contributed by atoms with Gasteiger partial charge >= 0.3 is 5.97 Å². The summed E-state index contributed by atoms with van der Waals surface area (Å²) in [7, 11) is 1.33. The smallest absolute Gasteiger partial charge is 0.337 e. The number of hydrogen-bond acceptors (Lipinski definition) is 4. The number of amides is 1. The van der Waals surface area contributed by atoms with E-state index in [0.717, 1.165) is 15.8 Å². The van der Waals surface area contributed by atoms with Crippen molar-refractivity contribution in [2.75, 3.05) is 7.11 Å². The third-order valence-electron chi connectivity index (χ3n) is 3.82. The summed E-state index contributed by atoms with van der Waals surface area (Å²) in [5.41, 5.74) is 2.76. The molecule has 26 heavy (non-hydrogen) atoms. The fourth-order valence-electron chi connectivity index (χ4n) is 2.58. The second-order valence-electron chi connectivity index (χ2n) is 5.64. The number of carbonyl (C=O) groups excluding carboxylic acids is 2. The van der Waals surface area contributed by atoms with Gasteiger partial charge in [0.25, 0.3) is 5.91 Å². The highest BCUT2D eigenvalue weighted by atomic mass is 32.1. The van der Waals surface area contributed by atoms with Crippen molar-refractivity contribution in [2.24, 2.45) is 4.99 Å². The molecular formula is C20H16N2O3S. The van der Waals surface area contributed by atoms with Gasteiger partial charge in [0.05, 0.1) is 29.4 Å². The third-order valence-corrected chi connectivity index (χ3v) is 4.86. The molecule has 2 aromatic carbocycles. The van der Waals surface area contributed by atoms with Crippen LogP contribution >= 0.6 is 11.3 Å². The van der Waals surface area contributed by atoms with E-state index in [1.807, 2.05) is 19.1 Å². The molecular weight excluding hydrogens is 348 g/mol. The fraction of sp³-hybridized carbons (Fsp3) is 0.150. The molecule has 3 aromatic rings. The maximum absolute atomic E-state index is 12.5. The number of methoxy groups -OCH3 is 1. The highest BCUT2D eigenvalue weighted by Crippen LogP contribution is 2.20. The van der Waals surface area contributed by atoms with Gasteiger partial charge in [-0.2, -0.15) is 4.99 Å². The van der Waals surface area contributed by atoms with Gasteiger partial charge in [-0.25, -0.2) is 4.79 Å². The van der Waals surface area contributed by atoms with Crippen molar-refractivity contribution < 1.29 is 14.3 Å². The van der Waals surface area contributed by atoms with E-state index in [9.17, 15) is 9.59 Å². The van der Waals surface area contributed by atoms with Crippen molar-refractivity contribution in [1.29, 1.82) is 0 Å². The van der Waals surface area contributed by atoms with Gasteiger partial charge in [-0.15, -0.1) is 6.42 Å². The number of aryl methyl sites for hydroxylation is 1. The molecule has 1 aromatic heterocycles. The zero-order chi connectivity index (χ0) is 18.7. The van der Waals surface area contributed by atoms with Crippen LogP contribution in [0.15, 0.2) is 47.5 Å². The van der Waals surface area contributed by atoms with Crippen LogP contribution in [0.25, 0.3) is 10.2 Å². The summed E-state index contributed by atoms with van der Waals surface area (Å²) in [5, 5.41) is 0. The van der Waals surface area contributed by atoms with Gasteiger partial charge in [-0.1, -0.05) is 35.0 Å². The van der Waals surface area contributed by atoms with Crippen molar-refractivity contribution in [3.63, 3.8) is 0 Å². The molecule has 0 spiro atoms. The molecule has 130 valence electrons. The number of terminal acetylenes is 1. The standard InChI is InChI=1S/C20H16N2O3S/c1-4-10-22-16-9-8-15(19(24)25-3)12-17(16)26-20(22)21-18(23)14-7-5-6-13(2)11-14/h1,5-9,11-12H,10H2,2-3H3. The van der Waals surface area contributed by atoms with Crippen LogP contribution in [0.5, 0.6) is 0 Å². The van der Waals surface area contributed by atoms with Gasteiger partial charge in [0.2, 0.25) is 0 Å². The Bertz CT molecular complexity index is 1120. The van der Waals surface area contributed by atoms with E-state index < -0.39 is 5.97 Å². The minimum atomic E-state index is -0.418. The van der Waals surface area contributed by atoms with Gasteiger partial charge < -0.3 is 9.30 Å². The van der Waals surface area contributed by atoms with Crippen LogP contribution in [-0.4, -0.2) is 23.6 Å². The summed E-state index contributed by atoms with van der Waals surface area (Å²) in [4.78, 5) is 29.0. The topological polar surface area (TPSA) is 60.7 Å². The molecule has 0 unspecified atom stereocenters. The summed E-state index contributed by atoms with van der Waals surface area (Å²) in [6.45, 7) is 2.20. The Morgan fingerprint density at radius 3 is 2.73 bits per heavy atom. The number of rotatable bonds is 3. The van der Waals surface area contributed by atoms with Gasteiger partial charge in [-0.05, 0) is 37.3 Å². The number of carbonyl (C=O) groups is 2. The van der Waals surface area contributed by atoms with Crippen molar-refractivity contribution in [3.8, 4) is 12.3 Å². The van der Waals surface area contributed by atoms with E-state index in [1.54, 1.807) is 34.9 Å². The number of fused-ring (bicyclic) bond motifs is 1. The number of benzene rings is 2. The second-order valence-corrected chi connectivity index (χ2v) is 6.64. The van der Waals surface area contributed by atoms with Crippen molar-refractivity contribution in [3.05, 3.63) is 64.0 Å². The first-order valence-corrected chi connectivity index (χ1v) is 8.66. The SMILES string of the molecule is C#CCn1c(=NC(=O)c2cccc(C)c2)sc2cc(C(=O)OC)ccc21. The van der Waals surface area contributed by atoms with Crippen LogP contribution in [0, 0.1) is 19.3 Å². The Hall–Kier alpha value is -3.17. The highest BCUT2D eigenvalue weighted by molar-refractivity contribution is 7.16. The fourth-order valence-corrected chi connectivity index (χ4v) is 3.64. The van der Waals surface area contributed by atoms with E-state index in [4.69, 9.17) is 11.2 Å². The molecule has 0 aliphatic carbocycles. The first-order chi connectivity index (χ1) is 12.5. The summed E-state index contributed by atoms with van der Waals surface area (Å²) in [6, 6.07) is 12.4. The molecule has 0 atom stereocenters. The Kier molecular flexibility index (Phi) is 5.01. The quantitative estimate of drug-likeness (QED) is 0.530. The lowest BCUT2D eigenvalue weighted by Crippen LogP contribution is -2.16. The summed E-state index contributed by atoms with van der Waals surface area (Å²) in [6.07, 6.45) is 5.47. The average Bonchev–Trinajstić information content (AvgIpc) is 2.97. The maximum Gasteiger partial charge on any atom is 0.337 e. The van der Waals surface area contributed by atoms with Crippen LogP contribution < -0.4 is 4.80 Å². The molecule has 0 aliphatic rings. The second kappa shape index (κ2) is 7.38. The van der Waals surface area contributed by atoms with E-state index in [2.05, 4.69) is 10.9 Å². The maximum atomic E-state index is 12.5. The predicted molar refractivity (Wildman–Crippen MR) is 101 cm³/mol. The Morgan fingerprint density at radius 2 is 2.04 bits per heavy atom. The Labute approximate surface area is 154 Å². The van der Waals surface area contributed by atoms with Crippen LogP contribution in [0.1, 0.15) is 26.3 Å². The van der Waals surface area contributed by atoms with Crippen LogP contribution in [-0.2, 0) is 11.3 Å². The molecule has 0 radical (unpaired) electrons.